The maximum atomic E-state index is 11.4. The number of carboxylic acids is 1. The average molecular weight is 326 g/mol. The summed E-state index contributed by atoms with van der Waals surface area (Å²) in [5.74, 6) is -1.07. The Morgan fingerprint density at radius 1 is 1.27 bits per heavy atom. The highest BCUT2D eigenvalue weighted by Crippen LogP contribution is 2.37. The van der Waals surface area contributed by atoms with Crippen LogP contribution in [0.15, 0.2) is 12.1 Å². The molecular weight excluding hydrogens is 304 g/mol. The molecule has 1 aromatic carbocycles. The van der Waals surface area contributed by atoms with E-state index in [0.29, 0.717) is 17.7 Å². The van der Waals surface area contributed by atoms with Gasteiger partial charge >= 0.3 is 13.1 Å². The summed E-state index contributed by atoms with van der Waals surface area (Å²) in [4.78, 5) is 11.4. The second kappa shape index (κ2) is 5.76. The first-order valence-corrected chi connectivity index (χ1v) is 7.63. The van der Waals surface area contributed by atoms with Gasteiger partial charge in [0.15, 0.2) is 0 Å². The normalized spacial score (nSPS) is 19.3. The van der Waals surface area contributed by atoms with Crippen molar-refractivity contribution in [1.29, 1.82) is 0 Å². The quantitative estimate of drug-likeness (QED) is 0.833. The van der Waals surface area contributed by atoms with E-state index in [0.717, 1.165) is 0 Å². The fraction of sp³-hybridized carbons (Fsp3) is 0.533. The molecule has 0 saturated carbocycles. The molecule has 0 aromatic heterocycles. The van der Waals surface area contributed by atoms with Crippen LogP contribution in [-0.2, 0) is 9.31 Å². The molecule has 1 aliphatic heterocycles. The van der Waals surface area contributed by atoms with Crippen molar-refractivity contribution < 1.29 is 19.2 Å². The maximum Gasteiger partial charge on any atom is 0.494 e. The second-order valence-electron chi connectivity index (χ2n) is 6.35. The molecule has 1 aromatic rings. The van der Waals surface area contributed by atoms with Crippen molar-refractivity contribution in [1.82, 2.24) is 0 Å². The van der Waals surface area contributed by atoms with Crippen LogP contribution < -0.4 is 10.8 Å². The van der Waals surface area contributed by atoms with Crippen molar-refractivity contribution >= 4 is 35.8 Å². The van der Waals surface area contributed by atoms with Gasteiger partial charge in [0.1, 0.15) is 5.56 Å². The van der Waals surface area contributed by atoms with Crippen molar-refractivity contribution in [3.8, 4) is 0 Å². The molecule has 0 radical (unpaired) electrons. The van der Waals surface area contributed by atoms with Crippen LogP contribution in [0.5, 0.6) is 0 Å². The van der Waals surface area contributed by atoms with Crippen LogP contribution in [-0.4, -0.2) is 35.9 Å². The monoisotopic (exact) mass is 325 g/mol. The molecular formula is C15H21BClNO4. The zero-order valence-electron chi connectivity index (χ0n) is 13.5. The number of aromatic carboxylic acids is 1. The second-order valence-corrected chi connectivity index (χ2v) is 6.76. The molecule has 1 aliphatic rings. The van der Waals surface area contributed by atoms with Crippen LogP contribution in [0, 0.1) is 0 Å². The van der Waals surface area contributed by atoms with Gasteiger partial charge in [-0.2, -0.15) is 0 Å². The summed E-state index contributed by atoms with van der Waals surface area (Å²) in [7, 11) is -0.581. The number of halogens is 1. The Bertz CT molecular complexity index is 587. The minimum Gasteiger partial charge on any atom is -0.478 e. The molecule has 0 amide bonds. The topological polar surface area (TPSA) is 67.8 Å². The number of hydrogen-bond acceptors (Lipinski definition) is 4. The molecule has 1 fully saturated rings. The summed E-state index contributed by atoms with van der Waals surface area (Å²) in [6, 6.07) is 3.31. The molecule has 1 heterocycles. The zero-order valence-corrected chi connectivity index (χ0v) is 14.2. The van der Waals surface area contributed by atoms with Crippen LogP contribution in [0.1, 0.15) is 45.0 Å². The number of carboxylic acid groups (broad SMARTS) is 1. The molecule has 120 valence electrons. The highest BCUT2D eigenvalue weighted by Gasteiger charge is 2.51. The Kier molecular flexibility index (Phi) is 4.48. The highest BCUT2D eigenvalue weighted by atomic mass is 35.5. The Labute approximate surface area is 136 Å². The van der Waals surface area contributed by atoms with Gasteiger partial charge in [-0.3, -0.25) is 0 Å². The summed E-state index contributed by atoms with van der Waals surface area (Å²) >= 11 is 6.15. The van der Waals surface area contributed by atoms with Gasteiger partial charge in [-0.1, -0.05) is 11.6 Å². The van der Waals surface area contributed by atoms with Crippen LogP contribution in [0.25, 0.3) is 0 Å². The van der Waals surface area contributed by atoms with Gasteiger partial charge in [0.25, 0.3) is 0 Å². The number of nitrogens with one attached hydrogen (secondary N) is 1. The fourth-order valence-electron chi connectivity index (χ4n) is 2.29. The van der Waals surface area contributed by atoms with E-state index in [1.54, 1.807) is 12.1 Å². The smallest absolute Gasteiger partial charge is 0.478 e. The molecule has 7 heteroatoms. The van der Waals surface area contributed by atoms with Crippen molar-refractivity contribution in [3.63, 3.8) is 0 Å². The Hall–Kier alpha value is -1.24. The number of benzene rings is 1. The summed E-state index contributed by atoms with van der Waals surface area (Å²) in [6.45, 7) is 10.3. The number of carbonyl (C=O) groups is 1. The van der Waals surface area contributed by atoms with E-state index in [9.17, 15) is 9.90 Å². The number of hydrogen-bond donors (Lipinski definition) is 2. The highest BCUT2D eigenvalue weighted by molar-refractivity contribution is 6.62. The SMILES string of the molecule is CCNc1cc(B2OC(C)(C)C(C)(C)O2)cc(Cl)c1C(=O)O. The molecule has 1 saturated heterocycles. The van der Waals surface area contributed by atoms with Gasteiger partial charge in [0.2, 0.25) is 0 Å². The first-order chi connectivity index (χ1) is 10.1. The molecule has 2 N–H and O–H groups in total. The van der Waals surface area contributed by atoms with E-state index in [-0.39, 0.29) is 10.6 Å². The first-order valence-electron chi connectivity index (χ1n) is 7.25. The maximum absolute atomic E-state index is 11.4. The van der Waals surface area contributed by atoms with Crippen LogP contribution in [0.2, 0.25) is 5.02 Å². The zero-order chi connectivity index (χ0) is 16.7. The number of rotatable bonds is 4. The van der Waals surface area contributed by atoms with Crippen molar-refractivity contribution in [3.05, 3.63) is 22.7 Å². The molecule has 2 rings (SSSR count). The van der Waals surface area contributed by atoms with Crippen molar-refractivity contribution in [2.45, 2.75) is 45.8 Å². The van der Waals surface area contributed by atoms with E-state index in [1.165, 1.54) is 0 Å². The van der Waals surface area contributed by atoms with Gasteiger partial charge in [-0.25, -0.2) is 4.79 Å². The molecule has 0 atom stereocenters. The molecule has 0 spiro atoms. The van der Waals surface area contributed by atoms with E-state index >= 15 is 0 Å². The van der Waals surface area contributed by atoms with Crippen molar-refractivity contribution in [2.24, 2.45) is 0 Å². The van der Waals surface area contributed by atoms with Gasteiger partial charge in [0.05, 0.1) is 16.2 Å². The Balaban J connectivity index is 2.44. The Morgan fingerprint density at radius 3 is 2.27 bits per heavy atom. The lowest BCUT2D eigenvalue weighted by Crippen LogP contribution is -2.41. The standard InChI is InChI=1S/C15H21BClNO4/c1-6-18-11-8-9(7-10(17)12(11)13(19)20)16-21-14(2,3)15(4,5)22-16/h7-8,18H,6H2,1-5H3,(H,19,20). The van der Waals surface area contributed by atoms with Gasteiger partial charge in [-0.05, 0) is 52.2 Å². The van der Waals surface area contributed by atoms with E-state index in [4.69, 9.17) is 20.9 Å². The molecule has 0 aliphatic carbocycles. The Morgan fingerprint density at radius 2 is 1.82 bits per heavy atom. The van der Waals surface area contributed by atoms with Crippen LogP contribution in [0.4, 0.5) is 5.69 Å². The van der Waals surface area contributed by atoms with Crippen molar-refractivity contribution in [2.75, 3.05) is 11.9 Å². The molecule has 0 bridgehead atoms. The van der Waals surface area contributed by atoms with Gasteiger partial charge in [-0.15, -0.1) is 0 Å². The largest absolute Gasteiger partial charge is 0.494 e. The summed E-state index contributed by atoms with van der Waals surface area (Å²) in [6.07, 6.45) is 0. The minimum absolute atomic E-state index is 0.0591. The summed E-state index contributed by atoms with van der Waals surface area (Å²) in [5.41, 5.74) is 0.294. The third-order valence-corrected chi connectivity index (χ3v) is 4.52. The molecule has 22 heavy (non-hydrogen) atoms. The average Bonchev–Trinajstić information content (AvgIpc) is 2.57. The molecule has 5 nitrogen and oxygen atoms in total. The van der Waals surface area contributed by atoms with Crippen LogP contribution in [0.3, 0.4) is 0 Å². The van der Waals surface area contributed by atoms with Crippen LogP contribution >= 0.6 is 11.6 Å². The number of anilines is 1. The van der Waals surface area contributed by atoms with Gasteiger partial charge in [0, 0.05) is 12.2 Å². The lowest BCUT2D eigenvalue weighted by molar-refractivity contribution is 0.00578. The van der Waals surface area contributed by atoms with Gasteiger partial charge < -0.3 is 19.7 Å². The molecule has 0 unspecified atom stereocenters. The summed E-state index contributed by atoms with van der Waals surface area (Å²) in [5, 5.41) is 12.5. The lowest BCUT2D eigenvalue weighted by atomic mass is 9.78. The predicted octanol–water partition coefficient (Wildman–Crippen LogP) is 2.77. The minimum atomic E-state index is -1.07. The third kappa shape index (κ3) is 2.96. The fourth-order valence-corrected chi connectivity index (χ4v) is 2.60. The predicted molar refractivity (Wildman–Crippen MR) is 88.3 cm³/mol. The van der Waals surface area contributed by atoms with E-state index < -0.39 is 24.3 Å². The lowest BCUT2D eigenvalue weighted by Gasteiger charge is -2.32. The van der Waals surface area contributed by atoms with E-state index in [1.807, 2.05) is 34.6 Å². The first kappa shape index (κ1) is 17.1. The van der Waals surface area contributed by atoms with E-state index in [2.05, 4.69) is 5.32 Å². The third-order valence-electron chi connectivity index (χ3n) is 4.22. The summed E-state index contributed by atoms with van der Waals surface area (Å²) < 4.78 is 12.0.